The van der Waals surface area contributed by atoms with Gasteiger partial charge in [-0.15, -0.1) is 0 Å². The van der Waals surface area contributed by atoms with Crippen LogP contribution in [0.4, 0.5) is 0 Å². The van der Waals surface area contributed by atoms with Crippen LogP contribution in [0, 0.1) is 6.92 Å². The van der Waals surface area contributed by atoms with Gasteiger partial charge < -0.3 is 19.3 Å². The average Bonchev–Trinajstić information content (AvgIpc) is 3.23. The van der Waals surface area contributed by atoms with Crippen LogP contribution in [0.25, 0.3) is 11.3 Å². The molecule has 2 aromatic heterocycles. The van der Waals surface area contributed by atoms with Crippen molar-refractivity contribution in [2.75, 3.05) is 6.54 Å². The molecule has 0 spiro atoms. The lowest BCUT2D eigenvalue weighted by atomic mass is 9.86. The maximum Gasteiger partial charge on any atom is 0.134 e. The third kappa shape index (κ3) is 4.45. The molecule has 3 aromatic rings. The predicted molar refractivity (Wildman–Crippen MR) is 103 cm³/mol. The van der Waals surface area contributed by atoms with E-state index in [0.717, 1.165) is 22.8 Å². The van der Waals surface area contributed by atoms with Crippen LogP contribution in [-0.4, -0.2) is 11.7 Å². The molecule has 0 bridgehead atoms. The first kappa shape index (κ1) is 18.5. The zero-order valence-electron chi connectivity index (χ0n) is 15.9. The Morgan fingerprint density at radius 2 is 1.69 bits per heavy atom. The molecule has 0 radical (unpaired) electrons. The van der Waals surface area contributed by atoms with Crippen LogP contribution in [0.3, 0.4) is 0 Å². The average molecular weight is 353 g/mol. The van der Waals surface area contributed by atoms with E-state index >= 15 is 0 Å². The molecule has 2 heterocycles. The minimum atomic E-state index is -0.664. The van der Waals surface area contributed by atoms with Crippen molar-refractivity contribution in [3.63, 3.8) is 0 Å². The summed E-state index contributed by atoms with van der Waals surface area (Å²) in [6.45, 7) is 9.44. The number of nitrogens with one attached hydrogen (secondary N) is 1. The van der Waals surface area contributed by atoms with Gasteiger partial charge in [0.2, 0.25) is 0 Å². The Hall–Kier alpha value is -2.30. The van der Waals surface area contributed by atoms with E-state index in [1.807, 2.05) is 25.1 Å². The molecule has 0 fully saturated rings. The highest BCUT2D eigenvalue weighted by Gasteiger charge is 2.14. The van der Waals surface area contributed by atoms with Crippen LogP contribution in [-0.2, 0) is 12.0 Å². The van der Waals surface area contributed by atoms with Gasteiger partial charge >= 0.3 is 0 Å². The van der Waals surface area contributed by atoms with E-state index in [0.29, 0.717) is 18.8 Å². The number of hydrogen-bond donors (Lipinski definition) is 2. The van der Waals surface area contributed by atoms with Gasteiger partial charge in [0.05, 0.1) is 6.54 Å². The Morgan fingerprint density at radius 1 is 0.962 bits per heavy atom. The molecule has 1 aromatic carbocycles. The molecule has 3 rings (SSSR count). The number of aliphatic hydroxyl groups excluding tert-OH is 1. The SMILES string of the molecule is Cc1ccc(C(O)CNCc2ccc(-c3ccc(C(C)(C)C)cc3)o2)o1. The zero-order chi connectivity index (χ0) is 18.7. The summed E-state index contributed by atoms with van der Waals surface area (Å²) < 4.78 is 11.3. The Kier molecular flexibility index (Phi) is 5.35. The molecule has 4 nitrogen and oxygen atoms in total. The lowest BCUT2D eigenvalue weighted by Crippen LogP contribution is -2.20. The molecule has 0 aliphatic heterocycles. The van der Waals surface area contributed by atoms with E-state index in [2.05, 4.69) is 50.4 Å². The van der Waals surface area contributed by atoms with Gasteiger partial charge in [-0.1, -0.05) is 45.0 Å². The second kappa shape index (κ2) is 7.52. The molecule has 1 unspecified atom stereocenters. The Morgan fingerprint density at radius 3 is 2.31 bits per heavy atom. The minimum absolute atomic E-state index is 0.143. The lowest BCUT2D eigenvalue weighted by molar-refractivity contribution is 0.145. The fraction of sp³-hybridized carbons (Fsp3) is 0.364. The summed E-state index contributed by atoms with van der Waals surface area (Å²) in [5, 5.41) is 13.3. The maximum absolute atomic E-state index is 10.1. The van der Waals surface area contributed by atoms with E-state index < -0.39 is 6.10 Å². The summed E-state index contributed by atoms with van der Waals surface area (Å²) in [6, 6.07) is 16.1. The minimum Gasteiger partial charge on any atom is -0.464 e. The molecule has 2 N–H and O–H groups in total. The number of furan rings is 2. The van der Waals surface area contributed by atoms with Crippen molar-refractivity contribution < 1.29 is 13.9 Å². The summed E-state index contributed by atoms with van der Waals surface area (Å²) >= 11 is 0. The predicted octanol–water partition coefficient (Wildman–Crippen LogP) is 4.97. The Balaban J connectivity index is 1.56. The second-order valence-corrected chi connectivity index (χ2v) is 7.69. The highest BCUT2D eigenvalue weighted by molar-refractivity contribution is 5.58. The van der Waals surface area contributed by atoms with Crippen LogP contribution in [0.1, 0.15) is 49.7 Å². The zero-order valence-corrected chi connectivity index (χ0v) is 15.9. The molecular weight excluding hydrogens is 326 g/mol. The smallest absolute Gasteiger partial charge is 0.134 e. The molecular formula is C22H27NO3. The van der Waals surface area contributed by atoms with Crippen LogP contribution in [0.2, 0.25) is 0 Å². The van der Waals surface area contributed by atoms with Crippen molar-refractivity contribution in [3.05, 3.63) is 71.4 Å². The molecule has 1 atom stereocenters. The van der Waals surface area contributed by atoms with E-state index in [4.69, 9.17) is 8.83 Å². The standard InChI is InChI=1S/C22H27NO3/c1-15-5-11-21(25-15)19(24)14-23-13-18-10-12-20(26-18)16-6-8-17(9-7-16)22(2,3)4/h5-12,19,23-24H,13-14H2,1-4H3. The fourth-order valence-electron chi connectivity index (χ4n) is 2.83. The lowest BCUT2D eigenvalue weighted by Gasteiger charge is -2.18. The van der Waals surface area contributed by atoms with Crippen molar-refractivity contribution in [1.29, 1.82) is 0 Å². The summed E-state index contributed by atoms with van der Waals surface area (Å²) in [4.78, 5) is 0. The van der Waals surface area contributed by atoms with Gasteiger partial charge in [0.15, 0.2) is 0 Å². The monoisotopic (exact) mass is 353 g/mol. The molecule has 138 valence electrons. The van der Waals surface area contributed by atoms with Gasteiger partial charge in [-0.2, -0.15) is 0 Å². The van der Waals surface area contributed by atoms with Gasteiger partial charge in [0, 0.05) is 12.1 Å². The van der Waals surface area contributed by atoms with E-state index in [-0.39, 0.29) is 5.41 Å². The summed E-state index contributed by atoms with van der Waals surface area (Å²) in [6.07, 6.45) is -0.664. The topological polar surface area (TPSA) is 58.5 Å². The van der Waals surface area contributed by atoms with Crippen molar-refractivity contribution >= 4 is 0 Å². The van der Waals surface area contributed by atoms with Crippen LogP contribution in [0.15, 0.2) is 57.4 Å². The number of hydrogen-bond acceptors (Lipinski definition) is 4. The fourth-order valence-corrected chi connectivity index (χ4v) is 2.83. The van der Waals surface area contributed by atoms with Crippen LogP contribution >= 0.6 is 0 Å². The normalized spacial score (nSPS) is 13.1. The summed E-state index contributed by atoms with van der Waals surface area (Å²) in [7, 11) is 0. The van der Waals surface area contributed by atoms with Crippen LogP contribution < -0.4 is 5.32 Å². The van der Waals surface area contributed by atoms with Crippen molar-refractivity contribution in [3.8, 4) is 11.3 Å². The molecule has 0 aliphatic rings. The first-order valence-electron chi connectivity index (χ1n) is 8.98. The number of aryl methyl sites for hydroxylation is 1. The third-order valence-electron chi connectivity index (χ3n) is 4.42. The number of rotatable bonds is 6. The molecule has 0 aliphatic carbocycles. The molecule has 0 amide bonds. The highest BCUT2D eigenvalue weighted by Crippen LogP contribution is 2.27. The van der Waals surface area contributed by atoms with Crippen molar-refractivity contribution in [2.24, 2.45) is 0 Å². The molecule has 0 saturated carbocycles. The molecule has 26 heavy (non-hydrogen) atoms. The van der Waals surface area contributed by atoms with Crippen molar-refractivity contribution in [1.82, 2.24) is 5.32 Å². The van der Waals surface area contributed by atoms with E-state index in [9.17, 15) is 5.11 Å². The van der Waals surface area contributed by atoms with E-state index in [1.165, 1.54) is 5.56 Å². The molecule has 4 heteroatoms. The van der Waals surface area contributed by atoms with Gasteiger partial charge in [-0.05, 0) is 42.2 Å². The number of aliphatic hydroxyl groups is 1. The second-order valence-electron chi connectivity index (χ2n) is 7.69. The van der Waals surface area contributed by atoms with E-state index in [1.54, 1.807) is 6.07 Å². The quantitative estimate of drug-likeness (QED) is 0.657. The largest absolute Gasteiger partial charge is 0.464 e. The third-order valence-corrected chi connectivity index (χ3v) is 4.42. The van der Waals surface area contributed by atoms with Crippen molar-refractivity contribution in [2.45, 2.75) is 45.8 Å². The summed E-state index contributed by atoms with van der Waals surface area (Å²) in [5.74, 6) is 3.06. The van der Waals surface area contributed by atoms with Gasteiger partial charge in [-0.25, -0.2) is 0 Å². The maximum atomic E-state index is 10.1. The first-order chi connectivity index (χ1) is 12.3. The highest BCUT2D eigenvalue weighted by atomic mass is 16.4. The Bertz CT molecular complexity index is 837. The molecule has 0 saturated heterocycles. The number of benzene rings is 1. The van der Waals surface area contributed by atoms with Gasteiger partial charge in [0.25, 0.3) is 0 Å². The van der Waals surface area contributed by atoms with Crippen LogP contribution in [0.5, 0.6) is 0 Å². The van der Waals surface area contributed by atoms with Gasteiger partial charge in [0.1, 0.15) is 29.1 Å². The Labute approximate surface area is 154 Å². The van der Waals surface area contributed by atoms with Gasteiger partial charge in [-0.3, -0.25) is 0 Å². The summed E-state index contributed by atoms with van der Waals surface area (Å²) in [5.41, 5.74) is 2.51. The first-order valence-corrected chi connectivity index (χ1v) is 8.98.